The summed E-state index contributed by atoms with van der Waals surface area (Å²) in [6, 6.07) is 6.06. The fraction of sp³-hybridized carbons (Fsp3) is 0.667. The van der Waals surface area contributed by atoms with Crippen LogP contribution in [0.1, 0.15) is 38.7 Å². The number of urea groups is 1. The van der Waals surface area contributed by atoms with Crippen LogP contribution in [0.2, 0.25) is 0 Å². The Morgan fingerprint density at radius 2 is 1.71 bits per heavy atom. The first-order valence-electron chi connectivity index (χ1n) is 11.8. The molecule has 2 fully saturated rings. The zero-order chi connectivity index (χ0) is 22.0. The van der Waals surface area contributed by atoms with Crippen LogP contribution in [0.4, 0.5) is 10.5 Å². The van der Waals surface area contributed by atoms with E-state index in [0.29, 0.717) is 19.6 Å². The second kappa shape index (κ2) is 9.47. The van der Waals surface area contributed by atoms with E-state index < -0.39 is 0 Å². The predicted octanol–water partition coefficient (Wildman–Crippen LogP) is 2.97. The van der Waals surface area contributed by atoms with Crippen molar-refractivity contribution in [3.63, 3.8) is 0 Å². The highest BCUT2D eigenvalue weighted by atomic mass is 16.5. The Morgan fingerprint density at radius 1 is 1.00 bits per heavy atom. The lowest BCUT2D eigenvalue weighted by Crippen LogP contribution is -2.54. The average Bonchev–Trinajstić information content (AvgIpc) is 2.82. The van der Waals surface area contributed by atoms with Crippen molar-refractivity contribution in [2.45, 2.75) is 46.1 Å². The zero-order valence-corrected chi connectivity index (χ0v) is 19.2. The number of aryl methyl sites for hydroxylation is 1. The summed E-state index contributed by atoms with van der Waals surface area (Å²) >= 11 is 0. The van der Waals surface area contributed by atoms with Crippen LogP contribution < -0.4 is 9.64 Å². The summed E-state index contributed by atoms with van der Waals surface area (Å²) in [4.78, 5) is 34.6. The number of piperidine rings is 1. The normalized spacial score (nSPS) is 22.8. The van der Waals surface area contributed by atoms with Gasteiger partial charge in [0, 0.05) is 45.2 Å². The maximum absolute atomic E-state index is 13.4. The van der Waals surface area contributed by atoms with E-state index in [2.05, 4.69) is 18.7 Å². The molecule has 0 bridgehead atoms. The Bertz CT molecular complexity index is 798. The molecule has 0 spiro atoms. The number of hydrogen-bond acceptors (Lipinski definition) is 4. The predicted molar refractivity (Wildman–Crippen MR) is 122 cm³/mol. The number of likely N-dealkylation sites (N-methyl/N-ethyl adjacent to an activating group) is 1. The fourth-order valence-corrected chi connectivity index (χ4v) is 4.88. The van der Waals surface area contributed by atoms with Crippen molar-refractivity contribution in [1.29, 1.82) is 0 Å². The SMILES string of the molecule is CCC1CN(C(=O)N2CCC(C(=O)N3CCN(CC)CC3)CC2)c2cc(C)ccc2O1. The molecule has 3 amide bonds. The topological polar surface area (TPSA) is 56.3 Å². The van der Waals surface area contributed by atoms with E-state index >= 15 is 0 Å². The minimum absolute atomic E-state index is 0.0139. The quantitative estimate of drug-likeness (QED) is 0.743. The van der Waals surface area contributed by atoms with Gasteiger partial charge in [-0.1, -0.05) is 19.9 Å². The molecule has 31 heavy (non-hydrogen) atoms. The Kier molecular flexibility index (Phi) is 6.70. The number of carbonyl (C=O) groups excluding carboxylic acids is 2. The molecule has 1 atom stereocenters. The molecule has 7 heteroatoms. The van der Waals surface area contributed by atoms with Gasteiger partial charge in [0.15, 0.2) is 0 Å². The third-order valence-corrected chi connectivity index (χ3v) is 7.02. The first-order valence-corrected chi connectivity index (χ1v) is 11.8. The molecule has 0 radical (unpaired) electrons. The Labute approximate surface area is 185 Å². The van der Waals surface area contributed by atoms with Crippen molar-refractivity contribution < 1.29 is 14.3 Å². The van der Waals surface area contributed by atoms with Gasteiger partial charge >= 0.3 is 6.03 Å². The van der Waals surface area contributed by atoms with Crippen molar-refractivity contribution in [1.82, 2.24) is 14.7 Å². The standard InChI is InChI=1S/C24H36N4O3/c1-4-20-17-28(21-16-18(3)6-7-22(21)31-20)24(30)27-10-8-19(9-11-27)23(29)26-14-12-25(5-2)13-15-26/h6-7,16,19-20H,4-5,8-15,17H2,1-3H3. The molecule has 0 N–H and O–H groups in total. The third kappa shape index (κ3) is 4.66. The summed E-state index contributed by atoms with van der Waals surface area (Å²) in [5.74, 6) is 1.11. The van der Waals surface area contributed by atoms with Crippen LogP contribution >= 0.6 is 0 Å². The highest BCUT2D eigenvalue weighted by molar-refractivity contribution is 5.94. The number of fused-ring (bicyclic) bond motifs is 1. The van der Waals surface area contributed by atoms with Crippen molar-refractivity contribution in [3.8, 4) is 5.75 Å². The first-order chi connectivity index (χ1) is 15.0. The lowest BCUT2D eigenvalue weighted by Gasteiger charge is -2.41. The van der Waals surface area contributed by atoms with E-state index in [-0.39, 0.29) is 24.0 Å². The molecule has 4 rings (SSSR count). The number of piperazine rings is 1. The van der Waals surface area contributed by atoms with E-state index in [1.807, 2.05) is 39.8 Å². The number of rotatable bonds is 3. The van der Waals surface area contributed by atoms with Gasteiger partial charge in [0.2, 0.25) is 5.91 Å². The molecule has 3 aliphatic rings. The van der Waals surface area contributed by atoms with Crippen molar-refractivity contribution >= 4 is 17.6 Å². The van der Waals surface area contributed by atoms with Crippen LogP contribution in [0.3, 0.4) is 0 Å². The lowest BCUT2D eigenvalue weighted by molar-refractivity contribution is -0.138. The number of anilines is 1. The van der Waals surface area contributed by atoms with Gasteiger partial charge < -0.3 is 19.4 Å². The van der Waals surface area contributed by atoms with Gasteiger partial charge in [0.1, 0.15) is 11.9 Å². The Hall–Kier alpha value is -2.28. The number of ether oxygens (including phenoxy) is 1. The van der Waals surface area contributed by atoms with E-state index in [9.17, 15) is 9.59 Å². The summed E-state index contributed by atoms with van der Waals surface area (Å²) in [6.45, 7) is 12.8. The highest BCUT2D eigenvalue weighted by Crippen LogP contribution is 2.36. The number of amides is 3. The molecule has 170 valence electrons. The van der Waals surface area contributed by atoms with Gasteiger partial charge in [-0.2, -0.15) is 0 Å². The molecule has 0 aliphatic carbocycles. The molecule has 3 heterocycles. The van der Waals surface area contributed by atoms with Gasteiger partial charge in [-0.05, 0) is 50.4 Å². The molecule has 0 aromatic heterocycles. The Morgan fingerprint density at radius 3 is 2.35 bits per heavy atom. The largest absolute Gasteiger partial charge is 0.486 e. The van der Waals surface area contributed by atoms with Gasteiger partial charge in [0.05, 0.1) is 12.2 Å². The number of likely N-dealkylation sites (tertiary alicyclic amines) is 1. The number of nitrogens with zero attached hydrogens (tertiary/aromatic N) is 4. The van der Waals surface area contributed by atoms with Crippen LogP contribution in [-0.4, -0.2) is 85.1 Å². The number of benzene rings is 1. The summed E-state index contributed by atoms with van der Waals surface area (Å²) < 4.78 is 6.07. The minimum atomic E-state index is 0.0139. The fourth-order valence-electron chi connectivity index (χ4n) is 4.88. The second-order valence-electron chi connectivity index (χ2n) is 9.03. The van der Waals surface area contributed by atoms with E-state index in [1.165, 1.54) is 0 Å². The van der Waals surface area contributed by atoms with Crippen LogP contribution in [0.5, 0.6) is 5.75 Å². The number of carbonyl (C=O) groups is 2. The summed E-state index contributed by atoms with van der Waals surface area (Å²) in [6.07, 6.45) is 2.38. The third-order valence-electron chi connectivity index (χ3n) is 7.02. The van der Waals surface area contributed by atoms with Crippen LogP contribution in [0.15, 0.2) is 18.2 Å². The monoisotopic (exact) mass is 428 g/mol. The summed E-state index contributed by atoms with van der Waals surface area (Å²) in [5, 5.41) is 0. The van der Waals surface area contributed by atoms with Crippen molar-refractivity contribution in [3.05, 3.63) is 23.8 Å². The minimum Gasteiger partial charge on any atom is -0.486 e. The zero-order valence-electron chi connectivity index (χ0n) is 19.2. The smallest absolute Gasteiger partial charge is 0.324 e. The molecule has 1 aromatic rings. The van der Waals surface area contributed by atoms with E-state index in [4.69, 9.17) is 4.74 Å². The molecular weight excluding hydrogens is 392 g/mol. The van der Waals surface area contributed by atoms with Crippen molar-refractivity contribution in [2.24, 2.45) is 5.92 Å². The van der Waals surface area contributed by atoms with Gasteiger partial charge in [-0.25, -0.2) is 4.79 Å². The van der Waals surface area contributed by atoms with Crippen LogP contribution in [-0.2, 0) is 4.79 Å². The van der Waals surface area contributed by atoms with Crippen molar-refractivity contribution in [2.75, 3.05) is 57.3 Å². The molecule has 1 unspecified atom stereocenters. The molecule has 0 saturated carbocycles. The summed E-state index contributed by atoms with van der Waals surface area (Å²) in [7, 11) is 0. The first kappa shape index (κ1) is 21.9. The lowest BCUT2D eigenvalue weighted by atomic mass is 9.95. The van der Waals surface area contributed by atoms with Crippen LogP contribution in [0.25, 0.3) is 0 Å². The van der Waals surface area contributed by atoms with Gasteiger partial charge in [0.25, 0.3) is 0 Å². The molecule has 7 nitrogen and oxygen atoms in total. The van der Waals surface area contributed by atoms with Crippen LogP contribution in [0, 0.1) is 12.8 Å². The molecular formula is C24H36N4O3. The number of hydrogen-bond donors (Lipinski definition) is 0. The second-order valence-corrected chi connectivity index (χ2v) is 9.03. The molecule has 2 saturated heterocycles. The highest BCUT2D eigenvalue weighted by Gasteiger charge is 2.36. The van der Waals surface area contributed by atoms with Gasteiger partial charge in [-0.3, -0.25) is 9.69 Å². The van der Waals surface area contributed by atoms with Gasteiger partial charge in [-0.15, -0.1) is 0 Å². The maximum atomic E-state index is 13.4. The Balaban J connectivity index is 1.37. The molecule has 1 aromatic carbocycles. The summed E-state index contributed by atoms with van der Waals surface area (Å²) in [5.41, 5.74) is 1.98. The molecule has 3 aliphatic heterocycles. The maximum Gasteiger partial charge on any atom is 0.324 e. The van der Waals surface area contributed by atoms with E-state index in [1.54, 1.807) is 0 Å². The van der Waals surface area contributed by atoms with E-state index in [0.717, 1.165) is 69.0 Å². The average molecular weight is 429 g/mol.